The first-order chi connectivity index (χ1) is 9.49. The number of hydrogen-bond acceptors (Lipinski definition) is 5. The molecule has 0 bridgehead atoms. The lowest BCUT2D eigenvalue weighted by atomic mass is 10.2. The minimum absolute atomic E-state index is 0.0706. The fourth-order valence-corrected chi connectivity index (χ4v) is 2.41. The van der Waals surface area contributed by atoms with Crippen LogP contribution in [0.3, 0.4) is 0 Å². The molecule has 0 atom stereocenters. The molecule has 0 amide bonds. The van der Waals surface area contributed by atoms with E-state index in [1.165, 1.54) is 7.11 Å². The first-order valence-corrected chi connectivity index (χ1v) is 6.42. The normalized spacial score (nSPS) is 10.1. The summed E-state index contributed by atoms with van der Waals surface area (Å²) in [6.07, 6.45) is 0. The first kappa shape index (κ1) is 14.1. The number of benzene rings is 1. The number of imidazole rings is 1. The summed E-state index contributed by atoms with van der Waals surface area (Å²) in [4.78, 5) is 15.7. The number of anilines is 1. The predicted molar refractivity (Wildman–Crippen MR) is 76.5 cm³/mol. The quantitative estimate of drug-likeness (QED) is 0.849. The average molecular weight is 335 g/mol. The van der Waals surface area contributed by atoms with Crippen LogP contribution in [0.1, 0.15) is 21.9 Å². The summed E-state index contributed by atoms with van der Waals surface area (Å²) in [5, 5.41) is 8.87. The highest BCUT2D eigenvalue weighted by molar-refractivity contribution is 9.10. The molecular weight excluding hydrogens is 324 g/mol. The second-order valence-corrected chi connectivity index (χ2v) is 4.85. The van der Waals surface area contributed by atoms with E-state index in [0.29, 0.717) is 21.5 Å². The van der Waals surface area contributed by atoms with Gasteiger partial charge >= 0.3 is 5.97 Å². The molecule has 1 heterocycles. The van der Waals surface area contributed by atoms with Gasteiger partial charge in [-0.15, -0.1) is 0 Å². The average Bonchev–Trinajstić information content (AvgIpc) is 2.73. The van der Waals surface area contributed by atoms with Gasteiger partial charge in [0.25, 0.3) is 0 Å². The van der Waals surface area contributed by atoms with Crippen LogP contribution < -0.4 is 5.73 Å². The van der Waals surface area contributed by atoms with Crippen LogP contribution in [0.15, 0.2) is 22.7 Å². The van der Waals surface area contributed by atoms with E-state index in [-0.39, 0.29) is 11.5 Å². The van der Waals surface area contributed by atoms with E-state index < -0.39 is 5.97 Å². The van der Waals surface area contributed by atoms with E-state index in [1.54, 1.807) is 29.7 Å². The number of nitrogen functional groups attached to an aromatic ring is 1. The van der Waals surface area contributed by atoms with E-state index in [1.807, 2.05) is 6.07 Å². The van der Waals surface area contributed by atoms with Gasteiger partial charge < -0.3 is 10.5 Å². The lowest BCUT2D eigenvalue weighted by Gasteiger charge is -2.10. The first-order valence-electron chi connectivity index (χ1n) is 5.62. The number of aromatic nitrogens is 2. The Morgan fingerprint density at radius 2 is 2.25 bits per heavy atom. The Hall–Kier alpha value is -2.33. The fourth-order valence-electron chi connectivity index (χ4n) is 1.86. The molecule has 0 saturated carbocycles. The molecular formula is C13H11BrN4O2. The molecule has 0 unspecified atom stereocenters. The largest absolute Gasteiger partial charge is 0.464 e. The summed E-state index contributed by atoms with van der Waals surface area (Å²) in [7, 11) is 1.27. The van der Waals surface area contributed by atoms with Gasteiger partial charge in [0, 0.05) is 4.47 Å². The third-order valence-electron chi connectivity index (χ3n) is 2.78. The Kier molecular flexibility index (Phi) is 3.77. The van der Waals surface area contributed by atoms with Gasteiger partial charge in [-0.25, -0.2) is 9.78 Å². The summed E-state index contributed by atoms with van der Waals surface area (Å²) >= 11 is 3.38. The summed E-state index contributed by atoms with van der Waals surface area (Å²) in [6, 6.07) is 7.12. The van der Waals surface area contributed by atoms with Gasteiger partial charge in [0.2, 0.25) is 0 Å². The van der Waals surface area contributed by atoms with Gasteiger partial charge in [-0.3, -0.25) is 4.57 Å². The third kappa shape index (κ3) is 2.26. The Morgan fingerprint density at radius 1 is 1.55 bits per heavy atom. The predicted octanol–water partition coefficient (Wildman–Crippen LogP) is 2.18. The van der Waals surface area contributed by atoms with E-state index in [0.717, 1.165) is 0 Å². The number of esters is 1. The zero-order valence-electron chi connectivity index (χ0n) is 10.8. The van der Waals surface area contributed by atoms with Crippen LogP contribution in [0.2, 0.25) is 0 Å². The Labute approximate surface area is 123 Å². The van der Waals surface area contributed by atoms with Crippen LogP contribution >= 0.6 is 15.9 Å². The van der Waals surface area contributed by atoms with Crippen LogP contribution in [0.4, 0.5) is 5.82 Å². The maximum atomic E-state index is 11.6. The molecule has 2 aromatic rings. The van der Waals surface area contributed by atoms with Crippen LogP contribution in [0.25, 0.3) is 5.69 Å². The number of aryl methyl sites for hydroxylation is 1. The van der Waals surface area contributed by atoms with Gasteiger partial charge in [0.1, 0.15) is 11.6 Å². The number of carbonyl (C=O) groups excluding carboxylic acids is 1. The molecule has 1 aromatic carbocycles. The molecule has 2 rings (SSSR count). The zero-order chi connectivity index (χ0) is 14.9. The van der Waals surface area contributed by atoms with Gasteiger partial charge in [-0.05, 0) is 41.1 Å². The molecule has 0 saturated heterocycles. The minimum Gasteiger partial charge on any atom is -0.464 e. The molecule has 0 aliphatic carbocycles. The van der Waals surface area contributed by atoms with Crippen molar-refractivity contribution in [3.8, 4) is 11.8 Å². The zero-order valence-corrected chi connectivity index (χ0v) is 12.4. The number of hydrogen-bond donors (Lipinski definition) is 1. The van der Waals surface area contributed by atoms with Crippen LogP contribution in [-0.2, 0) is 4.74 Å². The lowest BCUT2D eigenvalue weighted by molar-refractivity contribution is 0.0596. The molecule has 0 radical (unpaired) electrons. The number of halogens is 1. The highest BCUT2D eigenvalue weighted by Gasteiger charge is 2.21. The van der Waals surface area contributed by atoms with Crippen molar-refractivity contribution in [2.75, 3.05) is 12.8 Å². The Morgan fingerprint density at radius 3 is 2.80 bits per heavy atom. The fraction of sp³-hybridized carbons (Fsp3) is 0.154. The van der Waals surface area contributed by atoms with Crippen molar-refractivity contribution < 1.29 is 9.53 Å². The maximum Gasteiger partial charge on any atom is 0.360 e. The number of rotatable bonds is 2. The molecule has 102 valence electrons. The summed E-state index contributed by atoms with van der Waals surface area (Å²) in [5.74, 6) is 0.155. The molecule has 0 aliphatic rings. The Bertz CT molecular complexity index is 731. The molecule has 7 heteroatoms. The van der Waals surface area contributed by atoms with Crippen molar-refractivity contribution in [3.05, 3.63) is 39.8 Å². The number of carbonyl (C=O) groups is 1. The topological polar surface area (TPSA) is 93.9 Å². The van der Waals surface area contributed by atoms with Crippen molar-refractivity contribution in [1.82, 2.24) is 9.55 Å². The minimum atomic E-state index is -0.589. The molecule has 0 aliphatic heterocycles. The molecule has 0 spiro atoms. The van der Waals surface area contributed by atoms with Gasteiger partial charge in [0.15, 0.2) is 5.69 Å². The number of ether oxygens (including phenoxy) is 1. The van der Waals surface area contributed by atoms with Gasteiger partial charge in [0.05, 0.1) is 24.4 Å². The lowest BCUT2D eigenvalue weighted by Crippen LogP contribution is -2.08. The number of nitriles is 1. The van der Waals surface area contributed by atoms with Crippen LogP contribution in [-0.4, -0.2) is 22.6 Å². The molecule has 2 N–H and O–H groups in total. The molecule has 20 heavy (non-hydrogen) atoms. The highest BCUT2D eigenvalue weighted by Crippen LogP contribution is 2.28. The van der Waals surface area contributed by atoms with Crippen molar-refractivity contribution in [2.24, 2.45) is 0 Å². The summed E-state index contributed by atoms with van der Waals surface area (Å²) in [5.41, 5.74) is 7.25. The maximum absolute atomic E-state index is 11.6. The number of nitrogens with zero attached hydrogens (tertiary/aromatic N) is 3. The van der Waals surface area contributed by atoms with Crippen LogP contribution in [0, 0.1) is 18.3 Å². The number of nitrogens with two attached hydrogens (primary N) is 1. The second kappa shape index (κ2) is 5.35. The summed E-state index contributed by atoms with van der Waals surface area (Å²) in [6.45, 7) is 1.73. The van der Waals surface area contributed by atoms with Crippen molar-refractivity contribution in [2.45, 2.75) is 6.92 Å². The second-order valence-electron chi connectivity index (χ2n) is 4.00. The Balaban J connectivity index is 2.62. The van der Waals surface area contributed by atoms with Gasteiger partial charge in [-0.2, -0.15) is 5.26 Å². The summed E-state index contributed by atoms with van der Waals surface area (Å²) < 4.78 is 6.94. The van der Waals surface area contributed by atoms with E-state index in [4.69, 9.17) is 11.0 Å². The standard InChI is InChI=1S/C13H11BrN4O2/c1-7-17-11(13(19)20-2)12(16)18(7)10-4-3-8(6-15)5-9(10)14/h3-5H,16H2,1-2H3. The van der Waals surface area contributed by atoms with Crippen LogP contribution in [0.5, 0.6) is 0 Å². The van der Waals surface area contributed by atoms with Gasteiger partial charge in [-0.1, -0.05) is 0 Å². The highest BCUT2D eigenvalue weighted by atomic mass is 79.9. The SMILES string of the molecule is COC(=O)c1nc(C)n(-c2ccc(C#N)cc2Br)c1N. The molecule has 6 nitrogen and oxygen atoms in total. The molecule has 0 fully saturated rings. The molecule has 1 aromatic heterocycles. The third-order valence-corrected chi connectivity index (χ3v) is 3.41. The van der Waals surface area contributed by atoms with E-state index >= 15 is 0 Å². The number of methoxy groups -OCH3 is 1. The smallest absolute Gasteiger partial charge is 0.360 e. The van der Waals surface area contributed by atoms with Crippen molar-refractivity contribution in [3.63, 3.8) is 0 Å². The van der Waals surface area contributed by atoms with Crippen molar-refractivity contribution >= 4 is 27.7 Å². The monoisotopic (exact) mass is 334 g/mol. The van der Waals surface area contributed by atoms with E-state index in [2.05, 4.69) is 25.7 Å². The van der Waals surface area contributed by atoms with Crippen molar-refractivity contribution in [1.29, 1.82) is 5.26 Å². The van der Waals surface area contributed by atoms with E-state index in [9.17, 15) is 4.79 Å².